The van der Waals surface area contributed by atoms with Crippen LogP contribution < -0.4 is 5.32 Å². The molecule has 0 amide bonds. The van der Waals surface area contributed by atoms with E-state index >= 15 is 0 Å². The molecule has 0 aliphatic carbocycles. The van der Waals surface area contributed by atoms with E-state index in [0.717, 1.165) is 12.3 Å². The molecule has 1 aromatic heterocycles. The Morgan fingerprint density at radius 1 is 1.27 bits per heavy atom. The van der Waals surface area contributed by atoms with Gasteiger partial charge in [0.25, 0.3) is 0 Å². The van der Waals surface area contributed by atoms with E-state index in [9.17, 15) is 0 Å². The third-order valence-corrected chi connectivity index (χ3v) is 4.54. The summed E-state index contributed by atoms with van der Waals surface area (Å²) in [5, 5.41) is 3.45. The first-order chi connectivity index (χ1) is 7.10. The third-order valence-electron chi connectivity index (χ3n) is 3.23. The van der Waals surface area contributed by atoms with Crippen molar-refractivity contribution in [3.63, 3.8) is 0 Å². The molecule has 86 valence electrons. The van der Waals surface area contributed by atoms with E-state index in [1.807, 2.05) is 11.3 Å². The Morgan fingerprint density at radius 3 is 2.33 bits per heavy atom. The van der Waals surface area contributed by atoms with Crippen molar-refractivity contribution in [3.05, 3.63) is 21.9 Å². The molecule has 0 aliphatic heterocycles. The molecule has 2 atom stereocenters. The van der Waals surface area contributed by atoms with Gasteiger partial charge in [0.15, 0.2) is 0 Å². The smallest absolute Gasteiger partial charge is 0.0440 e. The van der Waals surface area contributed by atoms with Gasteiger partial charge in [-0.2, -0.15) is 0 Å². The summed E-state index contributed by atoms with van der Waals surface area (Å²) in [6.45, 7) is 9.14. The largest absolute Gasteiger partial charge is 0.312 e. The first kappa shape index (κ1) is 12.7. The minimum Gasteiger partial charge on any atom is -0.312 e. The van der Waals surface area contributed by atoms with Crippen LogP contribution in [0.2, 0.25) is 0 Å². The molecule has 0 saturated heterocycles. The standard InChI is InChI=1S/C13H23NS/c1-6-11-7-8-12(15-11)13(14-5)10(4)9(2)3/h7-10,13-14H,6H2,1-5H3. The molecule has 0 spiro atoms. The van der Waals surface area contributed by atoms with Crippen LogP contribution in [0.25, 0.3) is 0 Å². The number of aryl methyl sites for hydroxylation is 1. The molecule has 0 aromatic carbocycles. The van der Waals surface area contributed by atoms with Crippen molar-refractivity contribution in [1.82, 2.24) is 5.32 Å². The van der Waals surface area contributed by atoms with Crippen molar-refractivity contribution in [2.45, 2.75) is 40.2 Å². The zero-order chi connectivity index (χ0) is 11.4. The van der Waals surface area contributed by atoms with Crippen molar-refractivity contribution < 1.29 is 0 Å². The fourth-order valence-electron chi connectivity index (χ4n) is 1.80. The summed E-state index contributed by atoms with van der Waals surface area (Å²) >= 11 is 1.95. The van der Waals surface area contributed by atoms with E-state index < -0.39 is 0 Å². The molecule has 0 saturated carbocycles. The Labute approximate surface area is 97.9 Å². The normalized spacial score (nSPS) is 15.6. The van der Waals surface area contributed by atoms with E-state index in [4.69, 9.17) is 0 Å². The summed E-state index contributed by atoms with van der Waals surface area (Å²) in [6.07, 6.45) is 1.15. The fourth-order valence-corrected chi connectivity index (χ4v) is 2.98. The predicted octanol–water partition coefficient (Wildman–Crippen LogP) is 3.86. The minimum absolute atomic E-state index is 0.510. The summed E-state index contributed by atoms with van der Waals surface area (Å²) in [5.41, 5.74) is 0. The second-order valence-corrected chi connectivity index (χ2v) is 5.73. The molecule has 0 bridgehead atoms. The first-order valence-corrected chi connectivity index (χ1v) is 6.67. The highest BCUT2D eigenvalue weighted by molar-refractivity contribution is 7.12. The molecule has 2 unspecified atom stereocenters. The van der Waals surface area contributed by atoms with E-state index in [0.29, 0.717) is 12.0 Å². The Balaban J connectivity index is 2.82. The summed E-state index contributed by atoms with van der Waals surface area (Å²) < 4.78 is 0. The maximum Gasteiger partial charge on any atom is 0.0440 e. The Morgan fingerprint density at radius 2 is 1.93 bits per heavy atom. The van der Waals surface area contributed by atoms with E-state index in [1.54, 1.807) is 0 Å². The average molecular weight is 225 g/mol. The number of rotatable bonds is 5. The van der Waals surface area contributed by atoms with E-state index in [1.165, 1.54) is 9.75 Å². The van der Waals surface area contributed by atoms with Crippen LogP contribution in [0.3, 0.4) is 0 Å². The Kier molecular flexibility index (Phi) is 4.81. The predicted molar refractivity (Wildman–Crippen MR) is 69.5 cm³/mol. The second-order valence-electron chi connectivity index (χ2n) is 4.53. The van der Waals surface area contributed by atoms with Gasteiger partial charge in [-0.15, -0.1) is 11.3 Å². The van der Waals surface area contributed by atoms with Gasteiger partial charge in [0.1, 0.15) is 0 Å². The van der Waals surface area contributed by atoms with Crippen LogP contribution in [0, 0.1) is 11.8 Å². The molecule has 1 heterocycles. The molecule has 1 N–H and O–H groups in total. The topological polar surface area (TPSA) is 12.0 Å². The molecule has 1 rings (SSSR count). The molecular weight excluding hydrogens is 202 g/mol. The lowest BCUT2D eigenvalue weighted by atomic mass is 9.89. The van der Waals surface area contributed by atoms with Gasteiger partial charge in [-0.05, 0) is 37.4 Å². The Hall–Kier alpha value is -0.340. The van der Waals surface area contributed by atoms with Crippen molar-refractivity contribution >= 4 is 11.3 Å². The van der Waals surface area contributed by atoms with Crippen LogP contribution in [-0.2, 0) is 6.42 Å². The summed E-state index contributed by atoms with van der Waals surface area (Å²) in [4.78, 5) is 2.97. The van der Waals surface area contributed by atoms with Crippen molar-refractivity contribution in [2.75, 3.05) is 7.05 Å². The SMILES string of the molecule is CCc1ccc(C(NC)C(C)C(C)C)s1. The molecule has 1 nitrogen and oxygen atoms in total. The molecular formula is C13H23NS. The van der Waals surface area contributed by atoms with Crippen molar-refractivity contribution in [2.24, 2.45) is 11.8 Å². The van der Waals surface area contributed by atoms with Gasteiger partial charge in [-0.1, -0.05) is 27.7 Å². The van der Waals surface area contributed by atoms with Crippen LogP contribution in [0.4, 0.5) is 0 Å². The summed E-state index contributed by atoms with van der Waals surface area (Å²) in [5.74, 6) is 1.40. The van der Waals surface area contributed by atoms with Crippen LogP contribution in [0.15, 0.2) is 12.1 Å². The number of nitrogens with one attached hydrogen (secondary N) is 1. The zero-order valence-corrected chi connectivity index (χ0v) is 11.3. The quantitative estimate of drug-likeness (QED) is 0.802. The first-order valence-electron chi connectivity index (χ1n) is 5.86. The summed E-state index contributed by atoms with van der Waals surface area (Å²) in [7, 11) is 2.06. The molecule has 1 aromatic rings. The van der Waals surface area contributed by atoms with E-state index in [-0.39, 0.29) is 0 Å². The molecule has 0 radical (unpaired) electrons. The lowest BCUT2D eigenvalue weighted by molar-refractivity contribution is 0.321. The monoisotopic (exact) mass is 225 g/mol. The average Bonchev–Trinajstić information content (AvgIpc) is 2.67. The number of hydrogen-bond donors (Lipinski definition) is 1. The lowest BCUT2D eigenvalue weighted by Crippen LogP contribution is -2.25. The maximum absolute atomic E-state index is 3.45. The zero-order valence-electron chi connectivity index (χ0n) is 10.5. The highest BCUT2D eigenvalue weighted by Crippen LogP contribution is 2.32. The van der Waals surface area contributed by atoms with Gasteiger partial charge in [0.05, 0.1) is 0 Å². The van der Waals surface area contributed by atoms with Crippen LogP contribution >= 0.6 is 11.3 Å². The molecule has 0 aliphatic rings. The number of hydrogen-bond acceptors (Lipinski definition) is 2. The van der Waals surface area contributed by atoms with Gasteiger partial charge in [0.2, 0.25) is 0 Å². The Bertz CT molecular complexity index is 290. The fraction of sp³-hybridized carbons (Fsp3) is 0.692. The number of thiophene rings is 1. The van der Waals surface area contributed by atoms with Crippen LogP contribution in [0.5, 0.6) is 0 Å². The van der Waals surface area contributed by atoms with Gasteiger partial charge in [-0.3, -0.25) is 0 Å². The van der Waals surface area contributed by atoms with Gasteiger partial charge in [0, 0.05) is 15.8 Å². The van der Waals surface area contributed by atoms with Crippen LogP contribution in [0.1, 0.15) is 43.5 Å². The van der Waals surface area contributed by atoms with Crippen molar-refractivity contribution in [1.29, 1.82) is 0 Å². The highest BCUT2D eigenvalue weighted by Gasteiger charge is 2.21. The van der Waals surface area contributed by atoms with Crippen molar-refractivity contribution in [3.8, 4) is 0 Å². The van der Waals surface area contributed by atoms with Crippen LogP contribution in [-0.4, -0.2) is 7.05 Å². The lowest BCUT2D eigenvalue weighted by Gasteiger charge is -2.25. The van der Waals surface area contributed by atoms with Gasteiger partial charge < -0.3 is 5.32 Å². The maximum atomic E-state index is 3.45. The molecule has 15 heavy (non-hydrogen) atoms. The van der Waals surface area contributed by atoms with Gasteiger partial charge in [-0.25, -0.2) is 0 Å². The van der Waals surface area contributed by atoms with E-state index in [2.05, 4.69) is 52.2 Å². The molecule has 2 heteroatoms. The summed E-state index contributed by atoms with van der Waals surface area (Å²) in [6, 6.07) is 5.05. The third kappa shape index (κ3) is 3.05. The minimum atomic E-state index is 0.510. The van der Waals surface area contributed by atoms with Gasteiger partial charge >= 0.3 is 0 Å². The molecule has 0 fully saturated rings. The highest BCUT2D eigenvalue weighted by atomic mass is 32.1. The second kappa shape index (κ2) is 5.66.